The molecule has 1 atom stereocenters. The summed E-state index contributed by atoms with van der Waals surface area (Å²) in [5, 5.41) is 11.2. The van der Waals surface area contributed by atoms with E-state index < -0.39 is 10.9 Å². The fraction of sp³-hybridized carbons (Fsp3) is 0.500. The van der Waals surface area contributed by atoms with Crippen LogP contribution in [0.5, 0.6) is 0 Å². The molecule has 0 aromatic heterocycles. The van der Waals surface area contributed by atoms with E-state index in [1.54, 1.807) is 11.8 Å². The Balaban J connectivity index is 3.28. The van der Waals surface area contributed by atoms with Crippen LogP contribution in [-0.4, -0.2) is 43.1 Å². The number of nitrogens with zero attached hydrogens (tertiary/aromatic N) is 2. The van der Waals surface area contributed by atoms with E-state index in [1.807, 2.05) is 25.1 Å². The third-order valence-corrected chi connectivity index (χ3v) is 4.07. The van der Waals surface area contributed by atoms with Crippen molar-refractivity contribution in [3.05, 3.63) is 33.9 Å². The largest absolute Gasteiger partial charge is 0.465 e. The van der Waals surface area contributed by atoms with Crippen LogP contribution in [0.3, 0.4) is 0 Å². The highest BCUT2D eigenvalue weighted by molar-refractivity contribution is 7.98. The Hall–Kier alpha value is -1.76. The molecule has 1 aromatic carbocycles. The minimum absolute atomic E-state index is 0.00953. The maximum Gasteiger partial charge on any atom is 0.337 e. The van der Waals surface area contributed by atoms with Gasteiger partial charge in [-0.25, -0.2) is 4.79 Å². The molecule has 0 aliphatic heterocycles. The smallest absolute Gasteiger partial charge is 0.337 e. The number of ether oxygens (including phenoxy) is 1. The summed E-state index contributed by atoms with van der Waals surface area (Å²) in [6, 6.07) is 4.44. The molecule has 1 rings (SSSR count). The first-order chi connectivity index (χ1) is 9.96. The number of nitro benzene ring substituents is 1. The topological polar surface area (TPSA) is 72.7 Å². The lowest BCUT2D eigenvalue weighted by Gasteiger charge is -2.28. The van der Waals surface area contributed by atoms with Crippen molar-refractivity contribution >= 4 is 29.1 Å². The van der Waals surface area contributed by atoms with E-state index in [-0.39, 0.29) is 11.7 Å². The summed E-state index contributed by atoms with van der Waals surface area (Å²) in [5.41, 5.74) is 0.734. The van der Waals surface area contributed by atoms with Crippen LogP contribution in [0.1, 0.15) is 23.7 Å². The quantitative estimate of drug-likeness (QED) is 0.438. The van der Waals surface area contributed by atoms with Crippen LogP contribution in [-0.2, 0) is 4.74 Å². The Morgan fingerprint density at radius 1 is 1.52 bits per heavy atom. The van der Waals surface area contributed by atoms with Gasteiger partial charge in [-0.2, -0.15) is 11.8 Å². The molecular weight excluding hydrogens is 292 g/mol. The van der Waals surface area contributed by atoms with E-state index in [9.17, 15) is 14.9 Å². The number of thioether (sulfide) groups is 1. The summed E-state index contributed by atoms with van der Waals surface area (Å²) in [4.78, 5) is 24.3. The fourth-order valence-corrected chi connectivity index (χ4v) is 2.94. The van der Waals surface area contributed by atoms with Crippen LogP contribution in [0.2, 0.25) is 0 Å². The number of hydrogen-bond donors (Lipinski definition) is 0. The van der Waals surface area contributed by atoms with Crippen molar-refractivity contribution < 1.29 is 14.5 Å². The van der Waals surface area contributed by atoms with E-state index >= 15 is 0 Å². The second-order valence-corrected chi connectivity index (χ2v) is 5.49. The number of benzene rings is 1. The summed E-state index contributed by atoms with van der Waals surface area (Å²) in [6.07, 6.45) is 2.85. The summed E-state index contributed by atoms with van der Waals surface area (Å²) in [6.45, 7) is 2.04. The molecule has 0 saturated heterocycles. The first kappa shape index (κ1) is 17.3. The van der Waals surface area contributed by atoms with Gasteiger partial charge in [0.15, 0.2) is 0 Å². The average molecular weight is 312 g/mol. The highest BCUT2D eigenvalue weighted by atomic mass is 32.2. The Morgan fingerprint density at radius 2 is 2.19 bits per heavy atom. The molecular formula is C14H20N2O4S. The van der Waals surface area contributed by atoms with Crippen molar-refractivity contribution in [1.29, 1.82) is 0 Å². The van der Waals surface area contributed by atoms with E-state index in [4.69, 9.17) is 0 Å². The monoisotopic (exact) mass is 312 g/mol. The minimum atomic E-state index is -0.502. The van der Waals surface area contributed by atoms with Gasteiger partial charge >= 0.3 is 5.97 Å². The fourth-order valence-electron chi connectivity index (χ4n) is 2.10. The molecule has 0 amide bonds. The van der Waals surface area contributed by atoms with Crippen molar-refractivity contribution in [2.24, 2.45) is 0 Å². The molecule has 1 unspecified atom stereocenters. The van der Waals surface area contributed by atoms with Gasteiger partial charge in [-0.15, -0.1) is 0 Å². The van der Waals surface area contributed by atoms with Gasteiger partial charge in [-0.05, 0) is 24.8 Å². The van der Waals surface area contributed by atoms with Gasteiger partial charge in [0, 0.05) is 24.9 Å². The maximum atomic E-state index is 11.6. The zero-order valence-electron chi connectivity index (χ0n) is 12.7. The SMILES string of the molecule is CCC(CSC)N(C)c1cc(C(=O)OC)ccc1[N+](=O)[O-]. The number of methoxy groups -OCH3 is 1. The lowest BCUT2D eigenvalue weighted by atomic mass is 10.1. The molecule has 0 bridgehead atoms. The molecule has 0 spiro atoms. The van der Waals surface area contributed by atoms with Crippen LogP contribution in [0, 0.1) is 10.1 Å². The Labute approximate surface area is 128 Å². The third kappa shape index (κ3) is 4.10. The van der Waals surface area contributed by atoms with Crippen LogP contribution in [0.25, 0.3) is 0 Å². The van der Waals surface area contributed by atoms with Crippen molar-refractivity contribution in [1.82, 2.24) is 0 Å². The van der Waals surface area contributed by atoms with Gasteiger partial charge < -0.3 is 9.64 Å². The van der Waals surface area contributed by atoms with Gasteiger partial charge in [-0.1, -0.05) is 6.92 Å². The second-order valence-electron chi connectivity index (χ2n) is 4.58. The lowest BCUT2D eigenvalue weighted by Crippen LogP contribution is -2.33. The summed E-state index contributed by atoms with van der Waals surface area (Å²) in [5.74, 6) is 0.351. The summed E-state index contributed by atoms with van der Waals surface area (Å²) < 4.78 is 4.67. The molecule has 0 radical (unpaired) electrons. The van der Waals surface area contributed by atoms with Crippen molar-refractivity contribution in [2.75, 3.05) is 31.1 Å². The van der Waals surface area contributed by atoms with Gasteiger partial charge in [0.2, 0.25) is 0 Å². The molecule has 6 nitrogen and oxygen atoms in total. The van der Waals surface area contributed by atoms with E-state index in [2.05, 4.69) is 4.74 Å². The number of carbonyl (C=O) groups excluding carboxylic acids is 1. The minimum Gasteiger partial charge on any atom is -0.465 e. The average Bonchev–Trinajstić information content (AvgIpc) is 2.50. The predicted octanol–water partition coefficient (Wildman–Crippen LogP) is 2.96. The van der Waals surface area contributed by atoms with Crippen molar-refractivity contribution in [3.63, 3.8) is 0 Å². The Bertz CT molecular complexity index is 522. The van der Waals surface area contributed by atoms with Crippen LogP contribution in [0.4, 0.5) is 11.4 Å². The van der Waals surface area contributed by atoms with Crippen molar-refractivity contribution in [3.8, 4) is 0 Å². The van der Waals surface area contributed by atoms with Crippen LogP contribution < -0.4 is 4.90 Å². The third-order valence-electron chi connectivity index (χ3n) is 3.35. The number of anilines is 1. The van der Waals surface area contributed by atoms with E-state index in [0.29, 0.717) is 11.3 Å². The zero-order chi connectivity index (χ0) is 16.0. The van der Waals surface area contributed by atoms with Crippen LogP contribution >= 0.6 is 11.8 Å². The predicted molar refractivity (Wildman–Crippen MR) is 85.3 cm³/mol. The van der Waals surface area contributed by atoms with E-state index in [1.165, 1.54) is 25.3 Å². The van der Waals surface area contributed by atoms with Gasteiger partial charge in [0.05, 0.1) is 17.6 Å². The lowest BCUT2D eigenvalue weighted by molar-refractivity contribution is -0.384. The number of hydrogen-bond acceptors (Lipinski definition) is 6. The molecule has 0 aliphatic carbocycles. The molecule has 0 heterocycles. The molecule has 0 fully saturated rings. The highest BCUT2D eigenvalue weighted by Crippen LogP contribution is 2.31. The standard InChI is InChI=1S/C14H20N2O4S/c1-5-11(9-21-4)15(2)13-8-10(14(17)20-3)6-7-12(13)16(18)19/h6-8,11H,5,9H2,1-4H3. The maximum absolute atomic E-state index is 11.6. The highest BCUT2D eigenvalue weighted by Gasteiger charge is 2.23. The van der Waals surface area contributed by atoms with E-state index in [0.717, 1.165) is 12.2 Å². The number of esters is 1. The Kier molecular flexibility index (Phi) is 6.48. The molecule has 0 saturated carbocycles. The van der Waals surface area contributed by atoms with Crippen molar-refractivity contribution in [2.45, 2.75) is 19.4 Å². The van der Waals surface area contributed by atoms with Gasteiger partial charge in [0.1, 0.15) is 5.69 Å². The zero-order valence-corrected chi connectivity index (χ0v) is 13.5. The molecule has 0 N–H and O–H groups in total. The first-order valence-electron chi connectivity index (χ1n) is 6.54. The second kappa shape index (κ2) is 7.87. The molecule has 21 heavy (non-hydrogen) atoms. The normalized spacial score (nSPS) is 11.8. The molecule has 0 aliphatic rings. The molecule has 116 valence electrons. The number of nitro groups is 1. The Morgan fingerprint density at radius 3 is 2.67 bits per heavy atom. The molecule has 7 heteroatoms. The molecule has 1 aromatic rings. The van der Waals surface area contributed by atoms with Gasteiger partial charge in [0.25, 0.3) is 5.69 Å². The van der Waals surface area contributed by atoms with Gasteiger partial charge in [-0.3, -0.25) is 10.1 Å². The summed E-state index contributed by atoms with van der Waals surface area (Å²) in [7, 11) is 3.10. The van der Waals surface area contributed by atoms with Crippen LogP contribution in [0.15, 0.2) is 18.2 Å². The number of carbonyl (C=O) groups is 1. The first-order valence-corrected chi connectivity index (χ1v) is 7.94. The summed E-state index contributed by atoms with van der Waals surface area (Å²) >= 11 is 1.68. The number of rotatable bonds is 7.